The van der Waals surface area contributed by atoms with Gasteiger partial charge in [0.05, 0.1) is 5.41 Å². The fourth-order valence-corrected chi connectivity index (χ4v) is 4.80. The third-order valence-electron chi connectivity index (χ3n) is 6.66. The second-order valence-corrected chi connectivity index (χ2v) is 8.21. The molecular weight excluding hydrogens is 326 g/mol. The van der Waals surface area contributed by atoms with Crippen LogP contribution in [-0.2, 0) is 15.0 Å². The van der Waals surface area contributed by atoms with Crippen molar-refractivity contribution in [3.8, 4) is 0 Å². The van der Waals surface area contributed by atoms with Crippen molar-refractivity contribution in [3.05, 3.63) is 35.9 Å². The number of benzene rings is 1. The van der Waals surface area contributed by atoms with Gasteiger partial charge in [0.2, 0.25) is 5.91 Å². The van der Waals surface area contributed by atoms with Gasteiger partial charge in [-0.25, -0.2) is 0 Å². The Kier molecular flexibility index (Phi) is 6.00. The average Bonchev–Trinajstić information content (AvgIpc) is 2.69. The highest BCUT2D eigenvalue weighted by molar-refractivity contribution is 5.82. The van der Waals surface area contributed by atoms with Crippen LogP contribution in [0.25, 0.3) is 0 Å². The van der Waals surface area contributed by atoms with Crippen molar-refractivity contribution in [3.63, 3.8) is 0 Å². The first-order valence-electron chi connectivity index (χ1n) is 10.1. The van der Waals surface area contributed by atoms with E-state index in [4.69, 9.17) is 0 Å². The Hall–Kier alpha value is -1.84. The molecule has 1 unspecified atom stereocenters. The van der Waals surface area contributed by atoms with Gasteiger partial charge in [0.1, 0.15) is 0 Å². The molecule has 1 N–H and O–H groups in total. The van der Waals surface area contributed by atoms with Crippen molar-refractivity contribution in [1.82, 2.24) is 4.90 Å². The molecular formula is C22H31NO3. The quantitative estimate of drug-likeness (QED) is 0.857. The molecule has 0 spiro atoms. The van der Waals surface area contributed by atoms with Gasteiger partial charge in [-0.1, -0.05) is 69.4 Å². The standard InChI is InChI=1S/C22H31NO3/c1-17(18-8-4-2-5-9-18)16-20(24)23-14-12-22(13-15-23,21(25)26)19-10-6-3-7-11-19/h3,6-7,10-11,17-18H,2,4-5,8-9,12-16H2,1H3,(H,25,26). The maximum Gasteiger partial charge on any atom is 0.314 e. The molecule has 1 aromatic rings. The molecule has 1 aliphatic carbocycles. The number of aliphatic carboxylic acids is 1. The summed E-state index contributed by atoms with van der Waals surface area (Å²) in [6.07, 6.45) is 8.04. The van der Waals surface area contributed by atoms with Crippen molar-refractivity contribution in [2.75, 3.05) is 13.1 Å². The smallest absolute Gasteiger partial charge is 0.314 e. The summed E-state index contributed by atoms with van der Waals surface area (Å²) in [6.45, 7) is 3.29. The first-order valence-corrected chi connectivity index (χ1v) is 10.1. The number of carbonyl (C=O) groups excluding carboxylic acids is 1. The zero-order chi connectivity index (χ0) is 18.6. The van der Waals surface area contributed by atoms with Gasteiger partial charge in [-0.3, -0.25) is 9.59 Å². The number of rotatable bonds is 5. The number of amides is 1. The highest BCUT2D eigenvalue weighted by Gasteiger charge is 2.43. The van der Waals surface area contributed by atoms with Crippen LogP contribution in [0.15, 0.2) is 30.3 Å². The molecule has 1 saturated heterocycles. The molecule has 0 aromatic heterocycles. The van der Waals surface area contributed by atoms with Crippen LogP contribution in [0.3, 0.4) is 0 Å². The molecule has 1 atom stereocenters. The molecule has 0 bridgehead atoms. The molecule has 4 heteroatoms. The van der Waals surface area contributed by atoms with Gasteiger partial charge in [-0.15, -0.1) is 0 Å². The summed E-state index contributed by atoms with van der Waals surface area (Å²) in [5.74, 6) is 0.546. The van der Waals surface area contributed by atoms with E-state index in [2.05, 4.69) is 6.92 Å². The Labute approximate surface area is 156 Å². The van der Waals surface area contributed by atoms with E-state index in [0.29, 0.717) is 44.2 Å². The number of carboxylic acid groups (broad SMARTS) is 1. The van der Waals surface area contributed by atoms with Gasteiger partial charge < -0.3 is 10.0 Å². The summed E-state index contributed by atoms with van der Waals surface area (Å²) in [5.41, 5.74) is 0.00250. The predicted molar refractivity (Wildman–Crippen MR) is 102 cm³/mol. The van der Waals surface area contributed by atoms with Gasteiger partial charge in [-0.05, 0) is 30.2 Å². The molecule has 3 rings (SSSR count). The zero-order valence-corrected chi connectivity index (χ0v) is 15.8. The highest BCUT2D eigenvalue weighted by atomic mass is 16.4. The van der Waals surface area contributed by atoms with E-state index in [9.17, 15) is 14.7 Å². The van der Waals surface area contributed by atoms with Crippen molar-refractivity contribution < 1.29 is 14.7 Å². The van der Waals surface area contributed by atoms with E-state index in [1.54, 1.807) is 0 Å². The summed E-state index contributed by atoms with van der Waals surface area (Å²) in [4.78, 5) is 26.7. The Balaban J connectivity index is 1.60. The summed E-state index contributed by atoms with van der Waals surface area (Å²) >= 11 is 0. The second kappa shape index (κ2) is 8.24. The number of carbonyl (C=O) groups is 2. The number of carboxylic acids is 1. The number of hydrogen-bond donors (Lipinski definition) is 1. The summed E-state index contributed by atoms with van der Waals surface area (Å²) in [6, 6.07) is 9.49. The molecule has 2 fully saturated rings. The van der Waals surface area contributed by atoms with Gasteiger partial charge in [0.25, 0.3) is 0 Å². The van der Waals surface area contributed by atoms with E-state index in [1.807, 2.05) is 35.2 Å². The molecule has 1 aromatic carbocycles. The predicted octanol–water partition coefficient (Wildman–Crippen LogP) is 4.24. The lowest BCUT2D eigenvalue weighted by molar-refractivity contribution is -0.148. The van der Waals surface area contributed by atoms with Gasteiger partial charge in [0.15, 0.2) is 0 Å². The van der Waals surface area contributed by atoms with E-state index in [-0.39, 0.29) is 5.91 Å². The van der Waals surface area contributed by atoms with Gasteiger partial charge >= 0.3 is 5.97 Å². The average molecular weight is 357 g/mol. The molecule has 1 heterocycles. The van der Waals surface area contributed by atoms with E-state index in [0.717, 1.165) is 5.56 Å². The minimum absolute atomic E-state index is 0.204. The van der Waals surface area contributed by atoms with Gasteiger partial charge in [-0.2, -0.15) is 0 Å². The van der Waals surface area contributed by atoms with Crippen LogP contribution in [0, 0.1) is 11.8 Å². The fraction of sp³-hybridized carbons (Fsp3) is 0.636. The lowest BCUT2D eigenvalue weighted by Gasteiger charge is -2.40. The monoisotopic (exact) mass is 357 g/mol. The summed E-state index contributed by atoms with van der Waals surface area (Å²) < 4.78 is 0. The molecule has 1 amide bonds. The molecule has 1 aliphatic heterocycles. The van der Waals surface area contributed by atoms with Crippen LogP contribution in [0.2, 0.25) is 0 Å². The van der Waals surface area contributed by atoms with Crippen LogP contribution in [0.1, 0.15) is 63.9 Å². The number of piperidine rings is 1. The molecule has 26 heavy (non-hydrogen) atoms. The van der Waals surface area contributed by atoms with E-state index >= 15 is 0 Å². The first-order chi connectivity index (χ1) is 12.5. The Morgan fingerprint density at radius 2 is 1.73 bits per heavy atom. The van der Waals surface area contributed by atoms with E-state index in [1.165, 1.54) is 32.1 Å². The summed E-state index contributed by atoms with van der Waals surface area (Å²) in [5, 5.41) is 9.88. The van der Waals surface area contributed by atoms with Crippen LogP contribution in [0.4, 0.5) is 0 Å². The third-order valence-corrected chi connectivity index (χ3v) is 6.66. The molecule has 1 saturated carbocycles. The topological polar surface area (TPSA) is 57.6 Å². The molecule has 142 valence electrons. The van der Waals surface area contributed by atoms with Crippen molar-refractivity contribution in [2.45, 2.75) is 63.7 Å². The van der Waals surface area contributed by atoms with E-state index < -0.39 is 11.4 Å². The summed E-state index contributed by atoms with van der Waals surface area (Å²) in [7, 11) is 0. The Morgan fingerprint density at radius 1 is 1.12 bits per heavy atom. The first kappa shape index (κ1) is 18.9. The van der Waals surface area contributed by atoms with Crippen LogP contribution in [-0.4, -0.2) is 35.0 Å². The van der Waals surface area contributed by atoms with Crippen molar-refractivity contribution >= 4 is 11.9 Å². The minimum Gasteiger partial charge on any atom is -0.481 e. The van der Waals surface area contributed by atoms with Crippen LogP contribution in [0.5, 0.6) is 0 Å². The second-order valence-electron chi connectivity index (χ2n) is 8.21. The molecule has 2 aliphatic rings. The number of likely N-dealkylation sites (tertiary alicyclic amines) is 1. The largest absolute Gasteiger partial charge is 0.481 e. The molecule has 0 radical (unpaired) electrons. The highest BCUT2D eigenvalue weighted by Crippen LogP contribution is 2.37. The zero-order valence-electron chi connectivity index (χ0n) is 15.8. The maximum atomic E-state index is 12.7. The number of hydrogen-bond acceptors (Lipinski definition) is 2. The van der Waals surface area contributed by atoms with Crippen LogP contribution >= 0.6 is 0 Å². The minimum atomic E-state index is -0.854. The Morgan fingerprint density at radius 3 is 2.31 bits per heavy atom. The van der Waals surface area contributed by atoms with Crippen molar-refractivity contribution in [2.24, 2.45) is 11.8 Å². The fourth-order valence-electron chi connectivity index (χ4n) is 4.80. The SMILES string of the molecule is CC(CC(=O)N1CCC(C(=O)O)(c2ccccc2)CC1)C1CCCCC1. The maximum absolute atomic E-state index is 12.7. The third kappa shape index (κ3) is 3.94. The van der Waals surface area contributed by atoms with Gasteiger partial charge in [0, 0.05) is 19.5 Å². The number of nitrogens with zero attached hydrogens (tertiary/aromatic N) is 1. The molecule has 4 nitrogen and oxygen atoms in total. The van der Waals surface area contributed by atoms with Crippen molar-refractivity contribution in [1.29, 1.82) is 0 Å². The normalized spacial score (nSPS) is 22.0. The lowest BCUT2D eigenvalue weighted by Crippen LogP contribution is -2.49. The Bertz CT molecular complexity index is 614. The van der Waals surface area contributed by atoms with Crippen LogP contribution < -0.4 is 0 Å². The lowest BCUT2D eigenvalue weighted by atomic mass is 9.72.